The van der Waals surface area contributed by atoms with Gasteiger partial charge in [-0.25, -0.2) is 0 Å². The van der Waals surface area contributed by atoms with Gasteiger partial charge in [0.2, 0.25) is 0 Å². The van der Waals surface area contributed by atoms with Crippen LogP contribution >= 0.6 is 7.92 Å². The molecule has 1 heteroatoms. The summed E-state index contributed by atoms with van der Waals surface area (Å²) in [7, 11) is -4.89. The van der Waals surface area contributed by atoms with E-state index in [0.29, 0.717) is 0 Å². The van der Waals surface area contributed by atoms with Crippen LogP contribution < -0.4 is 5.30 Å². The van der Waals surface area contributed by atoms with Crippen molar-refractivity contribution in [1.82, 2.24) is 0 Å². The third kappa shape index (κ3) is 3.39. The van der Waals surface area contributed by atoms with Crippen LogP contribution in [0.4, 0.5) is 0 Å². The van der Waals surface area contributed by atoms with Crippen LogP contribution in [0.5, 0.6) is 0 Å². The number of benzene rings is 5. The molecule has 178 valence electrons. The Morgan fingerprint density at radius 1 is 0.611 bits per heavy atom. The molecule has 0 aliphatic carbocycles. The van der Waals surface area contributed by atoms with Gasteiger partial charge in [0.05, 0.1) is 24.7 Å². The highest BCUT2D eigenvalue weighted by molar-refractivity contribution is 7.68. The highest BCUT2D eigenvalue weighted by Gasteiger charge is 2.50. The molecule has 0 saturated heterocycles. The van der Waals surface area contributed by atoms with Gasteiger partial charge in [-0.2, -0.15) is 0 Å². The van der Waals surface area contributed by atoms with Crippen LogP contribution in [0.15, 0.2) is 109 Å². The van der Waals surface area contributed by atoms with Crippen molar-refractivity contribution in [2.75, 3.05) is 0 Å². The Labute approximate surface area is 258 Å². The number of hydrogen-bond donors (Lipinski definition) is 0. The summed E-state index contributed by atoms with van der Waals surface area (Å²) in [4.78, 5) is 0. The second-order valence-corrected chi connectivity index (χ2v) is 10.4. The molecule has 6 rings (SSSR count). The van der Waals surface area contributed by atoms with Crippen molar-refractivity contribution < 1.29 is 41.1 Å². The minimum atomic E-state index is -4.89. The van der Waals surface area contributed by atoms with Crippen molar-refractivity contribution in [3.63, 3.8) is 0 Å². The Balaban J connectivity index is 2.30. The second-order valence-electron chi connectivity index (χ2n) is 7.98. The van der Waals surface area contributed by atoms with E-state index in [1.54, 1.807) is 0 Å². The summed E-state index contributed by atoms with van der Waals surface area (Å²) in [5.74, 6) is 0. The molecule has 0 spiro atoms. The zero-order valence-corrected chi connectivity index (χ0v) is 19.3. The lowest BCUT2D eigenvalue weighted by molar-refractivity contribution is 0.676. The van der Waals surface area contributed by atoms with E-state index in [1.807, 2.05) is 0 Å². The normalized spacial score (nSPS) is 31.1. The molecule has 0 radical (unpaired) electrons. The fraction of sp³-hybridized carbons (Fsp3) is 0.200. The van der Waals surface area contributed by atoms with Crippen molar-refractivity contribution in [2.45, 2.75) is 44.6 Å². The van der Waals surface area contributed by atoms with Crippen LogP contribution in [0, 0.1) is 6.92 Å². The summed E-state index contributed by atoms with van der Waals surface area (Å²) in [6.07, 6.45) is 0. The first-order valence-electron chi connectivity index (χ1n) is 25.4. The van der Waals surface area contributed by atoms with Crippen LogP contribution in [0.25, 0.3) is 33.0 Å². The van der Waals surface area contributed by atoms with Gasteiger partial charge in [-0.3, -0.25) is 0 Å². The molecule has 1 unspecified atom stereocenters. The Kier molecular flexibility index (Phi) is 1.69. The van der Waals surface area contributed by atoms with Crippen LogP contribution in [0.1, 0.15) is 85.2 Å². The maximum Gasteiger partial charge on any atom is 0.0629 e. The SMILES string of the molecule is [2H]c1c([2H])c([2H])c(-c2c([2H])c([2H])c([2H])c(-c3c([2H])c([2H])c([2H])c([2H])c3[2H])c2P2C(C([2H])([2H])[2H])(C([2H])([2H])[2H])c3c([2H])c([2H])c([2H])c4c([2H])c([2H])c(C)c(c34)C2(C([2H])([2H])[2H])C([2H])([2H])[2H])c([2H])c1[2H]. The quantitative estimate of drug-likeness (QED) is 0.210. The van der Waals surface area contributed by atoms with Crippen molar-refractivity contribution >= 4 is 24.0 Å². The average molecular weight is 515 g/mol. The molecule has 36 heavy (non-hydrogen) atoms. The van der Waals surface area contributed by atoms with Crippen molar-refractivity contribution in [2.24, 2.45) is 0 Å². The van der Waals surface area contributed by atoms with E-state index in [-0.39, 0.29) is 0 Å². The Bertz CT molecular complexity index is 2690. The van der Waals surface area contributed by atoms with Gasteiger partial charge in [-0.15, -0.1) is 0 Å². The summed E-state index contributed by atoms with van der Waals surface area (Å²) in [5.41, 5.74) is -8.61. The largest absolute Gasteiger partial charge is 0.0629 e. The molecule has 0 fully saturated rings. The second kappa shape index (κ2) is 8.43. The topological polar surface area (TPSA) is 0 Å². The molecule has 0 saturated carbocycles. The van der Waals surface area contributed by atoms with E-state index in [2.05, 4.69) is 0 Å². The summed E-state index contributed by atoms with van der Waals surface area (Å²) in [6.45, 7) is -16.7. The summed E-state index contributed by atoms with van der Waals surface area (Å²) in [6, 6.07) is -22.5. The van der Waals surface area contributed by atoms with E-state index >= 15 is 0 Å². The zero-order valence-electron chi connectivity index (χ0n) is 48.4. The van der Waals surface area contributed by atoms with Gasteiger partial charge in [0.1, 0.15) is 0 Å². The molecule has 0 bridgehead atoms. The highest BCUT2D eigenvalue weighted by atomic mass is 31.1. The van der Waals surface area contributed by atoms with E-state index in [4.69, 9.17) is 20.6 Å². The lowest BCUT2D eigenvalue weighted by atomic mass is 9.84. The summed E-state index contributed by atoms with van der Waals surface area (Å²) < 4.78 is 272. The monoisotopic (exact) mass is 514 g/mol. The smallest absolute Gasteiger partial charge is 0.0622 e. The van der Waals surface area contributed by atoms with Crippen LogP contribution in [-0.4, -0.2) is 0 Å². The Hall–Kier alpha value is -3.21. The van der Waals surface area contributed by atoms with E-state index < -0.39 is 209 Å². The Morgan fingerprint density at radius 2 is 1.19 bits per heavy atom. The van der Waals surface area contributed by atoms with E-state index in [9.17, 15) is 20.6 Å². The molecular weight excluding hydrogens is 451 g/mol. The molecule has 1 aliphatic rings. The van der Waals surface area contributed by atoms with Crippen molar-refractivity contribution in [3.8, 4) is 22.3 Å². The molecule has 5 aromatic carbocycles. The molecule has 1 aliphatic heterocycles. The van der Waals surface area contributed by atoms with E-state index in [0.717, 1.165) is 6.92 Å². The molecule has 1 heterocycles. The number of hydrogen-bond acceptors (Lipinski definition) is 0. The van der Waals surface area contributed by atoms with Crippen LogP contribution in [-0.2, 0) is 10.3 Å². The lowest BCUT2D eigenvalue weighted by Crippen LogP contribution is -2.38. The van der Waals surface area contributed by atoms with Gasteiger partial charge in [0.25, 0.3) is 0 Å². The van der Waals surface area contributed by atoms with E-state index in [1.165, 1.54) is 0 Å². The molecule has 0 amide bonds. The standard InChI is InChI=1S/C35H33P/c1-24-22-23-27-18-12-21-30-31(27)32(24)35(4,5)36(34(30,2)3)33-28(25-14-8-6-9-15-25)19-13-20-29(33)26-16-10-7-11-17-26/h6-23H,1-5H3/i2D3,3D3,4D3,5D3,6D,7D,8D,9D,10D,11D,12D,13D,14D,15D,16D,17D,18D,19D,20D,21D,22D,23D. The average Bonchev–Trinajstić information content (AvgIpc) is 3.19. The molecule has 1 atom stereocenters. The molecule has 0 N–H and O–H groups in total. The minimum Gasteiger partial charge on any atom is -0.0622 e. The van der Waals surface area contributed by atoms with Gasteiger partial charge in [0.15, 0.2) is 0 Å². The minimum absolute atomic E-state index is 0.780. The van der Waals surface area contributed by atoms with Gasteiger partial charge in [-0.1, -0.05) is 144 Å². The predicted octanol–water partition coefficient (Wildman–Crippen LogP) is 9.77. The third-order valence-electron chi connectivity index (χ3n) is 5.84. The fourth-order valence-corrected chi connectivity index (χ4v) is 7.28. The van der Waals surface area contributed by atoms with Gasteiger partial charge < -0.3 is 0 Å². The summed E-state index contributed by atoms with van der Waals surface area (Å²) >= 11 is 0. The lowest BCUT2D eigenvalue weighted by Gasteiger charge is -2.52. The van der Waals surface area contributed by atoms with Gasteiger partial charge >= 0.3 is 0 Å². The van der Waals surface area contributed by atoms with Gasteiger partial charge in [-0.05, 0) is 61.9 Å². The highest BCUT2D eigenvalue weighted by Crippen LogP contribution is 2.72. The Morgan fingerprint density at radius 3 is 1.78 bits per heavy atom. The predicted molar refractivity (Wildman–Crippen MR) is 159 cm³/mol. The first-order chi connectivity index (χ1) is 29.8. The summed E-state index contributed by atoms with van der Waals surface area (Å²) in [5, 5.41) is -12.2. The molecule has 0 aromatic heterocycles. The fourth-order valence-electron chi connectivity index (χ4n) is 4.43. The van der Waals surface area contributed by atoms with Crippen molar-refractivity contribution in [3.05, 3.63) is 125 Å². The molecular formula is C35H33P. The first kappa shape index (κ1) is 7.21. The van der Waals surface area contributed by atoms with Crippen LogP contribution in [0.2, 0.25) is 0 Å². The maximum absolute atomic E-state index is 9.42. The molecule has 0 nitrogen and oxygen atoms in total. The zero-order chi connectivity index (χ0) is 50.7. The first-order valence-corrected chi connectivity index (χ1v) is 11.8. The third-order valence-corrected chi connectivity index (χ3v) is 8.52. The van der Waals surface area contributed by atoms with Gasteiger partial charge in [0, 0.05) is 26.8 Å². The van der Waals surface area contributed by atoms with Crippen LogP contribution in [0.3, 0.4) is 0 Å². The number of rotatable bonds is 3. The van der Waals surface area contributed by atoms with Crippen molar-refractivity contribution in [1.29, 1.82) is 0 Å². The molecule has 5 aromatic rings. The maximum atomic E-state index is 9.42.